The van der Waals surface area contributed by atoms with Gasteiger partial charge in [-0.25, -0.2) is 13.6 Å². The van der Waals surface area contributed by atoms with Crippen molar-refractivity contribution in [3.8, 4) is 0 Å². The van der Waals surface area contributed by atoms with Crippen LogP contribution in [0.5, 0.6) is 0 Å². The Kier molecular flexibility index (Phi) is 3.08. The first-order valence-electron chi connectivity index (χ1n) is 4.16. The Morgan fingerprint density at radius 3 is 2.50 bits per heavy atom. The molecule has 0 spiro atoms. The topological polar surface area (TPSA) is 60.2 Å². The summed E-state index contributed by atoms with van der Waals surface area (Å²) < 4.78 is 21.4. The maximum atomic E-state index is 10.7. The molecule has 0 heterocycles. The number of primary sulfonamides is 1. The van der Waals surface area contributed by atoms with Crippen molar-refractivity contribution < 1.29 is 8.42 Å². The number of hydrogen-bond donors (Lipinski definition) is 1. The van der Waals surface area contributed by atoms with Crippen LogP contribution < -0.4 is 5.14 Å². The molecular weight excluding hydrogens is 198 g/mol. The highest BCUT2D eigenvalue weighted by Gasteiger charge is 1.97. The molecule has 0 bridgehead atoms. The molecule has 0 saturated carbocycles. The Morgan fingerprint density at radius 1 is 1.29 bits per heavy atom. The van der Waals surface area contributed by atoms with Crippen LogP contribution in [0.15, 0.2) is 23.6 Å². The van der Waals surface area contributed by atoms with Crippen molar-refractivity contribution in [3.63, 3.8) is 0 Å². The standard InChI is InChI=1S/C10H13NO2S/c1-8-3-4-9(2)10(7-8)5-6-14(11,12)13/h3-7H,1-2H3,(H2,11,12,13)/b6-5+. The van der Waals surface area contributed by atoms with E-state index < -0.39 is 10.0 Å². The first-order chi connectivity index (χ1) is 6.38. The van der Waals surface area contributed by atoms with E-state index in [-0.39, 0.29) is 0 Å². The van der Waals surface area contributed by atoms with Crippen LogP contribution in [0.25, 0.3) is 6.08 Å². The summed E-state index contributed by atoms with van der Waals surface area (Å²) in [6.07, 6.45) is 1.51. The SMILES string of the molecule is Cc1ccc(C)c(/C=C/S(N)(=O)=O)c1. The molecule has 0 fully saturated rings. The van der Waals surface area contributed by atoms with Crippen LogP contribution in [0.4, 0.5) is 0 Å². The lowest BCUT2D eigenvalue weighted by atomic mass is 10.1. The average Bonchev–Trinajstić information content (AvgIpc) is 2.05. The van der Waals surface area contributed by atoms with Gasteiger partial charge in [-0.1, -0.05) is 23.8 Å². The molecule has 4 heteroatoms. The third-order valence-corrected chi connectivity index (χ3v) is 2.39. The zero-order valence-electron chi connectivity index (χ0n) is 8.19. The van der Waals surface area contributed by atoms with Gasteiger partial charge in [-0.3, -0.25) is 0 Å². The van der Waals surface area contributed by atoms with Gasteiger partial charge in [0.2, 0.25) is 10.0 Å². The molecule has 0 unspecified atom stereocenters. The van der Waals surface area contributed by atoms with Gasteiger partial charge in [-0.05, 0) is 31.1 Å². The van der Waals surface area contributed by atoms with Gasteiger partial charge in [0.05, 0.1) is 0 Å². The Balaban J connectivity index is 3.09. The van der Waals surface area contributed by atoms with Crippen molar-refractivity contribution in [1.29, 1.82) is 0 Å². The third kappa shape index (κ3) is 3.32. The van der Waals surface area contributed by atoms with E-state index in [2.05, 4.69) is 0 Å². The number of aryl methyl sites for hydroxylation is 2. The fourth-order valence-electron chi connectivity index (χ4n) is 1.11. The lowest BCUT2D eigenvalue weighted by Gasteiger charge is -2.00. The van der Waals surface area contributed by atoms with E-state index in [1.54, 1.807) is 0 Å². The second kappa shape index (κ2) is 3.94. The molecule has 3 nitrogen and oxygen atoms in total. The average molecular weight is 211 g/mol. The Labute approximate surface area is 84.3 Å². The van der Waals surface area contributed by atoms with Gasteiger partial charge in [0.25, 0.3) is 0 Å². The highest BCUT2D eigenvalue weighted by Crippen LogP contribution is 2.12. The van der Waals surface area contributed by atoms with E-state index in [1.165, 1.54) is 6.08 Å². The molecule has 0 aliphatic heterocycles. The lowest BCUT2D eigenvalue weighted by molar-refractivity contribution is 0.606. The van der Waals surface area contributed by atoms with Crippen molar-refractivity contribution in [2.75, 3.05) is 0 Å². The molecule has 1 aromatic carbocycles. The minimum Gasteiger partial charge on any atom is -0.225 e. The highest BCUT2D eigenvalue weighted by molar-refractivity contribution is 7.92. The van der Waals surface area contributed by atoms with Crippen LogP contribution in [0.3, 0.4) is 0 Å². The van der Waals surface area contributed by atoms with Crippen molar-refractivity contribution in [3.05, 3.63) is 40.3 Å². The summed E-state index contributed by atoms with van der Waals surface area (Å²) in [6, 6.07) is 5.83. The summed E-state index contributed by atoms with van der Waals surface area (Å²) in [5.41, 5.74) is 2.99. The number of nitrogens with two attached hydrogens (primary N) is 1. The van der Waals surface area contributed by atoms with E-state index in [1.807, 2.05) is 32.0 Å². The third-order valence-electron chi connectivity index (χ3n) is 1.87. The van der Waals surface area contributed by atoms with Gasteiger partial charge in [0.1, 0.15) is 0 Å². The van der Waals surface area contributed by atoms with Gasteiger partial charge < -0.3 is 0 Å². The van der Waals surface area contributed by atoms with E-state index in [0.29, 0.717) is 0 Å². The highest BCUT2D eigenvalue weighted by atomic mass is 32.2. The Hall–Kier alpha value is -1.13. The summed E-state index contributed by atoms with van der Waals surface area (Å²) >= 11 is 0. The van der Waals surface area contributed by atoms with Crippen molar-refractivity contribution in [2.24, 2.45) is 5.14 Å². The predicted octanol–water partition coefficient (Wildman–Crippen LogP) is 1.56. The van der Waals surface area contributed by atoms with E-state index in [4.69, 9.17) is 5.14 Å². The molecule has 76 valence electrons. The van der Waals surface area contributed by atoms with Gasteiger partial charge in [0, 0.05) is 5.41 Å². The summed E-state index contributed by atoms with van der Waals surface area (Å²) in [5, 5.41) is 5.87. The monoisotopic (exact) mass is 211 g/mol. The molecule has 2 N–H and O–H groups in total. The van der Waals surface area contributed by atoms with Crippen LogP contribution in [0.2, 0.25) is 0 Å². The molecular formula is C10H13NO2S. The van der Waals surface area contributed by atoms with E-state index in [0.717, 1.165) is 22.1 Å². The van der Waals surface area contributed by atoms with Crippen LogP contribution in [0.1, 0.15) is 16.7 Å². The Morgan fingerprint density at radius 2 is 1.93 bits per heavy atom. The smallest absolute Gasteiger partial charge is 0.225 e. The second-order valence-corrected chi connectivity index (χ2v) is 4.70. The fourth-order valence-corrected chi connectivity index (χ4v) is 1.44. The molecule has 0 amide bonds. The first-order valence-corrected chi connectivity index (χ1v) is 5.77. The lowest BCUT2D eigenvalue weighted by Crippen LogP contribution is -2.06. The zero-order valence-corrected chi connectivity index (χ0v) is 9.01. The molecule has 0 aliphatic carbocycles. The van der Waals surface area contributed by atoms with Crippen molar-refractivity contribution in [1.82, 2.24) is 0 Å². The second-order valence-electron chi connectivity index (χ2n) is 3.25. The number of rotatable bonds is 2. The van der Waals surface area contributed by atoms with Gasteiger partial charge in [0.15, 0.2) is 0 Å². The quantitative estimate of drug-likeness (QED) is 0.807. The van der Waals surface area contributed by atoms with Crippen LogP contribution >= 0.6 is 0 Å². The number of hydrogen-bond acceptors (Lipinski definition) is 2. The van der Waals surface area contributed by atoms with Gasteiger partial charge in [-0.15, -0.1) is 0 Å². The van der Waals surface area contributed by atoms with Crippen LogP contribution in [-0.4, -0.2) is 8.42 Å². The Bertz CT molecular complexity index is 461. The molecule has 0 saturated heterocycles. The molecule has 14 heavy (non-hydrogen) atoms. The summed E-state index contributed by atoms with van der Waals surface area (Å²) in [5.74, 6) is 0. The maximum absolute atomic E-state index is 10.7. The zero-order chi connectivity index (χ0) is 10.8. The summed E-state index contributed by atoms with van der Waals surface area (Å²) in [4.78, 5) is 0. The summed E-state index contributed by atoms with van der Waals surface area (Å²) in [7, 11) is -3.53. The van der Waals surface area contributed by atoms with E-state index >= 15 is 0 Å². The largest absolute Gasteiger partial charge is 0.231 e. The molecule has 1 rings (SSSR count). The number of benzene rings is 1. The molecule has 0 aromatic heterocycles. The minimum atomic E-state index is -3.53. The normalized spacial score (nSPS) is 12.2. The van der Waals surface area contributed by atoms with Crippen LogP contribution in [-0.2, 0) is 10.0 Å². The van der Waals surface area contributed by atoms with Crippen molar-refractivity contribution in [2.45, 2.75) is 13.8 Å². The van der Waals surface area contributed by atoms with Gasteiger partial charge >= 0.3 is 0 Å². The van der Waals surface area contributed by atoms with Gasteiger partial charge in [-0.2, -0.15) is 0 Å². The molecule has 1 aromatic rings. The van der Waals surface area contributed by atoms with Crippen LogP contribution in [0, 0.1) is 13.8 Å². The first kappa shape index (κ1) is 10.9. The molecule has 0 atom stereocenters. The maximum Gasteiger partial charge on any atom is 0.231 e. The fraction of sp³-hybridized carbons (Fsp3) is 0.200. The molecule has 0 aliphatic rings. The summed E-state index contributed by atoms with van der Waals surface area (Å²) in [6.45, 7) is 3.87. The molecule has 0 radical (unpaired) electrons. The van der Waals surface area contributed by atoms with Crippen molar-refractivity contribution >= 4 is 16.1 Å². The predicted molar refractivity (Wildman–Crippen MR) is 58.1 cm³/mol. The number of sulfonamides is 1. The minimum absolute atomic E-state index is 0.874. The van der Waals surface area contributed by atoms with E-state index in [9.17, 15) is 8.42 Å².